The summed E-state index contributed by atoms with van der Waals surface area (Å²) in [5.41, 5.74) is 1.47. The van der Waals surface area contributed by atoms with Gasteiger partial charge in [-0.05, 0) is 63.7 Å². The monoisotopic (exact) mass is 276 g/mol. The SMILES string of the molecule is CCCN(CC1CCNCC1)C1CCCc2occc21. The maximum absolute atomic E-state index is 5.67. The minimum absolute atomic E-state index is 0.604. The molecule has 1 N–H and O–H groups in total. The van der Waals surface area contributed by atoms with Crippen LogP contribution in [0.15, 0.2) is 16.7 Å². The van der Waals surface area contributed by atoms with Gasteiger partial charge in [-0.25, -0.2) is 0 Å². The van der Waals surface area contributed by atoms with E-state index in [1.54, 1.807) is 0 Å². The van der Waals surface area contributed by atoms with E-state index in [0.29, 0.717) is 6.04 Å². The number of hydrogen-bond acceptors (Lipinski definition) is 3. The summed E-state index contributed by atoms with van der Waals surface area (Å²) in [6.07, 6.45) is 9.52. The van der Waals surface area contributed by atoms with Gasteiger partial charge < -0.3 is 9.73 Å². The number of piperidine rings is 1. The van der Waals surface area contributed by atoms with E-state index < -0.39 is 0 Å². The molecule has 1 aromatic heterocycles. The Balaban J connectivity index is 1.70. The molecule has 2 heterocycles. The van der Waals surface area contributed by atoms with Gasteiger partial charge in [-0.2, -0.15) is 0 Å². The van der Waals surface area contributed by atoms with E-state index in [2.05, 4.69) is 23.2 Å². The van der Waals surface area contributed by atoms with Crippen molar-refractivity contribution in [1.29, 1.82) is 0 Å². The van der Waals surface area contributed by atoms with Crippen LogP contribution in [-0.2, 0) is 6.42 Å². The molecule has 0 amide bonds. The van der Waals surface area contributed by atoms with Crippen molar-refractivity contribution >= 4 is 0 Å². The van der Waals surface area contributed by atoms with E-state index in [1.807, 2.05) is 6.26 Å². The topological polar surface area (TPSA) is 28.4 Å². The van der Waals surface area contributed by atoms with Gasteiger partial charge in [0, 0.05) is 24.6 Å². The summed E-state index contributed by atoms with van der Waals surface area (Å²) in [6.45, 7) is 7.19. The number of rotatable bonds is 5. The second-order valence-electron chi connectivity index (χ2n) is 6.40. The Morgan fingerprint density at radius 2 is 2.15 bits per heavy atom. The van der Waals surface area contributed by atoms with Gasteiger partial charge in [0.15, 0.2) is 0 Å². The number of aryl methyl sites for hydroxylation is 1. The molecule has 3 heteroatoms. The average molecular weight is 276 g/mol. The highest BCUT2D eigenvalue weighted by Crippen LogP contribution is 2.36. The van der Waals surface area contributed by atoms with Crippen molar-refractivity contribution in [3.63, 3.8) is 0 Å². The summed E-state index contributed by atoms with van der Waals surface area (Å²) < 4.78 is 5.67. The summed E-state index contributed by atoms with van der Waals surface area (Å²) in [6, 6.07) is 2.82. The maximum atomic E-state index is 5.67. The Bertz CT molecular complexity index is 409. The number of nitrogens with one attached hydrogen (secondary N) is 1. The third-order valence-electron chi connectivity index (χ3n) is 4.92. The normalized spacial score (nSPS) is 24.0. The summed E-state index contributed by atoms with van der Waals surface area (Å²) >= 11 is 0. The van der Waals surface area contributed by atoms with Crippen LogP contribution < -0.4 is 5.32 Å². The molecular formula is C17H28N2O. The number of fused-ring (bicyclic) bond motifs is 1. The molecule has 1 aliphatic heterocycles. The zero-order chi connectivity index (χ0) is 13.8. The molecule has 0 radical (unpaired) electrons. The van der Waals surface area contributed by atoms with E-state index in [4.69, 9.17) is 4.42 Å². The molecule has 0 aromatic carbocycles. The second-order valence-corrected chi connectivity index (χ2v) is 6.40. The molecule has 3 nitrogen and oxygen atoms in total. The first kappa shape index (κ1) is 14.2. The first-order valence-corrected chi connectivity index (χ1v) is 8.39. The zero-order valence-corrected chi connectivity index (χ0v) is 12.7. The molecule has 1 saturated heterocycles. The largest absolute Gasteiger partial charge is 0.469 e. The lowest BCUT2D eigenvalue weighted by Gasteiger charge is -2.37. The van der Waals surface area contributed by atoms with Gasteiger partial charge in [-0.15, -0.1) is 0 Å². The molecule has 1 unspecified atom stereocenters. The highest BCUT2D eigenvalue weighted by atomic mass is 16.3. The van der Waals surface area contributed by atoms with Gasteiger partial charge in [0.2, 0.25) is 0 Å². The summed E-state index contributed by atoms with van der Waals surface area (Å²) in [5.74, 6) is 2.12. The van der Waals surface area contributed by atoms with Gasteiger partial charge in [0.25, 0.3) is 0 Å². The fourth-order valence-electron chi connectivity index (χ4n) is 3.90. The summed E-state index contributed by atoms with van der Waals surface area (Å²) in [4.78, 5) is 2.74. The van der Waals surface area contributed by atoms with E-state index in [-0.39, 0.29) is 0 Å². The van der Waals surface area contributed by atoms with Crippen molar-refractivity contribution in [1.82, 2.24) is 10.2 Å². The number of furan rings is 1. The maximum Gasteiger partial charge on any atom is 0.108 e. The fraction of sp³-hybridized carbons (Fsp3) is 0.765. The van der Waals surface area contributed by atoms with Crippen molar-refractivity contribution in [2.24, 2.45) is 5.92 Å². The van der Waals surface area contributed by atoms with Crippen LogP contribution in [0.5, 0.6) is 0 Å². The van der Waals surface area contributed by atoms with Crippen molar-refractivity contribution in [2.45, 2.75) is 51.5 Å². The lowest BCUT2D eigenvalue weighted by molar-refractivity contribution is 0.136. The Labute approximate surface area is 122 Å². The van der Waals surface area contributed by atoms with Crippen LogP contribution in [0.1, 0.15) is 56.4 Å². The van der Waals surface area contributed by atoms with Crippen molar-refractivity contribution in [3.8, 4) is 0 Å². The van der Waals surface area contributed by atoms with Gasteiger partial charge >= 0.3 is 0 Å². The highest BCUT2D eigenvalue weighted by Gasteiger charge is 2.29. The van der Waals surface area contributed by atoms with E-state index in [9.17, 15) is 0 Å². The lowest BCUT2D eigenvalue weighted by atomic mass is 9.90. The van der Waals surface area contributed by atoms with Crippen LogP contribution in [0, 0.1) is 5.92 Å². The Morgan fingerprint density at radius 3 is 2.95 bits per heavy atom. The molecule has 1 aromatic rings. The number of nitrogens with zero attached hydrogens (tertiary/aromatic N) is 1. The van der Waals surface area contributed by atoms with Crippen LogP contribution in [0.2, 0.25) is 0 Å². The average Bonchev–Trinajstić information content (AvgIpc) is 2.96. The molecule has 1 atom stereocenters. The molecular weight excluding hydrogens is 248 g/mol. The van der Waals surface area contributed by atoms with E-state index in [1.165, 1.54) is 69.6 Å². The van der Waals surface area contributed by atoms with Crippen molar-refractivity contribution in [3.05, 3.63) is 23.7 Å². The molecule has 0 saturated carbocycles. The predicted octanol–water partition coefficient (Wildman–Crippen LogP) is 3.37. The summed E-state index contributed by atoms with van der Waals surface area (Å²) in [5, 5.41) is 3.48. The van der Waals surface area contributed by atoms with Gasteiger partial charge in [0.05, 0.1) is 6.26 Å². The first-order chi connectivity index (χ1) is 9.88. The molecule has 0 spiro atoms. The smallest absolute Gasteiger partial charge is 0.108 e. The minimum Gasteiger partial charge on any atom is -0.469 e. The number of hydrogen-bond donors (Lipinski definition) is 1. The Hall–Kier alpha value is -0.800. The summed E-state index contributed by atoms with van der Waals surface area (Å²) in [7, 11) is 0. The molecule has 3 rings (SSSR count). The first-order valence-electron chi connectivity index (χ1n) is 8.39. The van der Waals surface area contributed by atoms with Crippen LogP contribution in [0.4, 0.5) is 0 Å². The molecule has 1 fully saturated rings. The van der Waals surface area contributed by atoms with Crippen molar-refractivity contribution < 1.29 is 4.42 Å². The van der Waals surface area contributed by atoms with Crippen LogP contribution in [0.25, 0.3) is 0 Å². The molecule has 0 bridgehead atoms. The predicted molar refractivity (Wildman–Crippen MR) is 81.8 cm³/mol. The van der Waals surface area contributed by atoms with E-state index in [0.717, 1.165) is 12.3 Å². The third-order valence-corrected chi connectivity index (χ3v) is 4.92. The highest BCUT2D eigenvalue weighted by molar-refractivity contribution is 5.24. The van der Waals surface area contributed by atoms with Gasteiger partial charge in [0.1, 0.15) is 5.76 Å². The minimum atomic E-state index is 0.604. The third kappa shape index (κ3) is 3.09. The molecule has 1 aliphatic carbocycles. The van der Waals surface area contributed by atoms with Crippen LogP contribution in [-0.4, -0.2) is 31.1 Å². The lowest BCUT2D eigenvalue weighted by Crippen LogP contribution is -2.39. The molecule has 2 aliphatic rings. The Morgan fingerprint density at radius 1 is 1.30 bits per heavy atom. The second kappa shape index (κ2) is 6.77. The standard InChI is InChI=1S/C17H28N2O/c1-2-11-19(13-14-6-9-18-10-7-14)16-4-3-5-17-15(16)8-12-20-17/h8,12,14,16,18H,2-7,9-11,13H2,1H3. The van der Waals surface area contributed by atoms with Crippen LogP contribution in [0.3, 0.4) is 0 Å². The fourth-order valence-corrected chi connectivity index (χ4v) is 3.90. The molecule has 20 heavy (non-hydrogen) atoms. The Kier molecular flexibility index (Phi) is 4.79. The molecule has 112 valence electrons. The van der Waals surface area contributed by atoms with Crippen LogP contribution >= 0.6 is 0 Å². The van der Waals surface area contributed by atoms with E-state index >= 15 is 0 Å². The van der Waals surface area contributed by atoms with Gasteiger partial charge in [-0.1, -0.05) is 6.92 Å². The van der Waals surface area contributed by atoms with Crippen molar-refractivity contribution in [2.75, 3.05) is 26.2 Å². The quantitative estimate of drug-likeness (QED) is 0.894. The van der Waals surface area contributed by atoms with Gasteiger partial charge in [-0.3, -0.25) is 4.90 Å². The zero-order valence-electron chi connectivity index (χ0n) is 12.7.